The van der Waals surface area contributed by atoms with Gasteiger partial charge in [0.2, 0.25) is 0 Å². The Morgan fingerprint density at radius 2 is 1.95 bits per heavy atom. The highest BCUT2D eigenvalue weighted by Gasteiger charge is 2.25. The summed E-state index contributed by atoms with van der Waals surface area (Å²) in [6.07, 6.45) is 2.43. The lowest BCUT2D eigenvalue weighted by molar-refractivity contribution is 0.248. The average Bonchev–Trinajstić information content (AvgIpc) is 2.87. The Kier molecular flexibility index (Phi) is 5.51. The molecule has 2 nitrogen and oxygen atoms in total. The summed E-state index contributed by atoms with van der Waals surface area (Å²) in [5, 5.41) is 0.818. The van der Waals surface area contributed by atoms with Crippen molar-refractivity contribution in [3.05, 3.63) is 64.7 Å². The summed E-state index contributed by atoms with van der Waals surface area (Å²) in [7, 11) is 0. The fourth-order valence-electron chi connectivity index (χ4n) is 3.03. The highest BCUT2D eigenvalue weighted by Crippen LogP contribution is 2.34. The molecule has 0 saturated carbocycles. The van der Waals surface area contributed by atoms with Gasteiger partial charge >= 0.3 is 0 Å². The minimum absolute atomic E-state index is 0. The standard InChI is InChI=1S/C17H19ClN2.ClH/c18-15-6-2-5-14(11-15)17-8-3-9-20(17)12-13-4-1-7-16(19)10-13;/h1-2,4-7,10-11,17H,3,8-9,12,19H2;1H. The van der Waals surface area contributed by atoms with Crippen molar-refractivity contribution in [2.45, 2.75) is 25.4 Å². The number of anilines is 1. The molecule has 0 spiro atoms. The molecule has 2 aromatic carbocycles. The molecule has 0 aliphatic carbocycles. The van der Waals surface area contributed by atoms with E-state index in [0.29, 0.717) is 6.04 Å². The van der Waals surface area contributed by atoms with Gasteiger partial charge < -0.3 is 5.73 Å². The van der Waals surface area contributed by atoms with Crippen LogP contribution in [0.25, 0.3) is 0 Å². The summed E-state index contributed by atoms with van der Waals surface area (Å²) in [6.45, 7) is 2.08. The minimum Gasteiger partial charge on any atom is -0.399 e. The van der Waals surface area contributed by atoms with Gasteiger partial charge in [-0.05, 0) is 54.8 Å². The fraction of sp³-hybridized carbons (Fsp3) is 0.294. The second-order valence-electron chi connectivity index (χ2n) is 5.43. The van der Waals surface area contributed by atoms with E-state index < -0.39 is 0 Å². The monoisotopic (exact) mass is 322 g/mol. The summed E-state index contributed by atoms with van der Waals surface area (Å²) in [5.74, 6) is 0. The Morgan fingerprint density at radius 1 is 1.14 bits per heavy atom. The molecular formula is C17H20Cl2N2. The smallest absolute Gasteiger partial charge is 0.0409 e. The zero-order valence-electron chi connectivity index (χ0n) is 11.8. The third-order valence-corrected chi connectivity index (χ3v) is 4.17. The lowest BCUT2D eigenvalue weighted by Crippen LogP contribution is -2.22. The largest absolute Gasteiger partial charge is 0.399 e. The highest BCUT2D eigenvalue weighted by molar-refractivity contribution is 6.30. The Labute approximate surface area is 137 Å². The number of rotatable bonds is 3. The van der Waals surface area contributed by atoms with E-state index in [1.54, 1.807) is 0 Å². The summed E-state index contributed by atoms with van der Waals surface area (Å²) in [6, 6.07) is 16.9. The summed E-state index contributed by atoms with van der Waals surface area (Å²) in [4.78, 5) is 2.51. The second kappa shape index (κ2) is 7.17. The Balaban J connectivity index is 0.00000161. The number of halogens is 2. The number of nitrogens with zero attached hydrogens (tertiary/aromatic N) is 1. The molecule has 0 aromatic heterocycles. The Morgan fingerprint density at radius 3 is 2.71 bits per heavy atom. The topological polar surface area (TPSA) is 29.3 Å². The third kappa shape index (κ3) is 3.91. The first kappa shape index (κ1) is 16.2. The first-order chi connectivity index (χ1) is 9.72. The maximum absolute atomic E-state index is 6.12. The van der Waals surface area contributed by atoms with E-state index in [2.05, 4.69) is 29.2 Å². The molecule has 112 valence electrons. The molecular weight excluding hydrogens is 303 g/mol. The molecule has 2 aromatic rings. The van der Waals surface area contributed by atoms with Crippen LogP contribution in [0, 0.1) is 0 Å². The Bertz CT molecular complexity index is 601. The molecule has 1 atom stereocenters. The summed E-state index contributed by atoms with van der Waals surface area (Å²) >= 11 is 6.12. The lowest BCUT2D eigenvalue weighted by Gasteiger charge is -2.25. The van der Waals surface area contributed by atoms with Crippen LogP contribution in [0.1, 0.15) is 30.0 Å². The molecule has 1 saturated heterocycles. The molecule has 4 heteroatoms. The molecule has 3 rings (SSSR count). The molecule has 1 heterocycles. The van der Waals surface area contributed by atoms with Gasteiger partial charge in [-0.1, -0.05) is 35.9 Å². The molecule has 1 aliphatic heterocycles. The van der Waals surface area contributed by atoms with Crippen molar-refractivity contribution >= 4 is 29.7 Å². The van der Waals surface area contributed by atoms with E-state index in [9.17, 15) is 0 Å². The van der Waals surface area contributed by atoms with Crippen LogP contribution in [-0.4, -0.2) is 11.4 Å². The molecule has 1 fully saturated rings. The fourth-order valence-corrected chi connectivity index (χ4v) is 3.23. The van der Waals surface area contributed by atoms with Gasteiger partial charge in [-0.15, -0.1) is 12.4 Å². The van der Waals surface area contributed by atoms with E-state index in [1.807, 2.05) is 24.3 Å². The van der Waals surface area contributed by atoms with Crippen LogP contribution in [0.4, 0.5) is 5.69 Å². The van der Waals surface area contributed by atoms with Crippen LogP contribution < -0.4 is 5.73 Å². The maximum Gasteiger partial charge on any atom is 0.0409 e. The van der Waals surface area contributed by atoms with Gasteiger partial charge in [-0.2, -0.15) is 0 Å². The Hall–Kier alpha value is -1.22. The predicted molar refractivity (Wildman–Crippen MR) is 91.9 cm³/mol. The van der Waals surface area contributed by atoms with Gasteiger partial charge in [0.1, 0.15) is 0 Å². The molecule has 2 N–H and O–H groups in total. The maximum atomic E-state index is 6.12. The molecule has 0 amide bonds. The third-order valence-electron chi connectivity index (χ3n) is 3.93. The number of hydrogen-bond donors (Lipinski definition) is 1. The van der Waals surface area contributed by atoms with Crippen molar-refractivity contribution in [3.63, 3.8) is 0 Å². The number of hydrogen-bond acceptors (Lipinski definition) is 2. The van der Waals surface area contributed by atoms with Crippen molar-refractivity contribution in [1.82, 2.24) is 4.90 Å². The molecule has 1 aliphatic rings. The quantitative estimate of drug-likeness (QED) is 0.831. The van der Waals surface area contributed by atoms with Gasteiger partial charge in [0.05, 0.1) is 0 Å². The van der Waals surface area contributed by atoms with Crippen molar-refractivity contribution in [1.29, 1.82) is 0 Å². The predicted octanol–water partition coefficient (Wildman–Crippen LogP) is 4.68. The van der Waals surface area contributed by atoms with Crippen LogP contribution in [0.15, 0.2) is 48.5 Å². The van der Waals surface area contributed by atoms with Gasteiger partial charge in [-0.25, -0.2) is 0 Å². The number of benzene rings is 2. The van der Waals surface area contributed by atoms with Crippen LogP contribution in [-0.2, 0) is 6.54 Å². The van der Waals surface area contributed by atoms with Crippen LogP contribution in [0.5, 0.6) is 0 Å². The van der Waals surface area contributed by atoms with Crippen molar-refractivity contribution in [2.24, 2.45) is 0 Å². The van der Waals surface area contributed by atoms with E-state index >= 15 is 0 Å². The molecule has 0 bridgehead atoms. The van der Waals surface area contributed by atoms with Crippen LogP contribution in [0.2, 0.25) is 5.02 Å². The second-order valence-corrected chi connectivity index (χ2v) is 5.86. The average molecular weight is 323 g/mol. The highest BCUT2D eigenvalue weighted by atomic mass is 35.5. The van der Waals surface area contributed by atoms with E-state index in [-0.39, 0.29) is 12.4 Å². The van der Waals surface area contributed by atoms with E-state index in [1.165, 1.54) is 24.0 Å². The normalized spacial score (nSPS) is 18.4. The van der Waals surface area contributed by atoms with Crippen molar-refractivity contribution < 1.29 is 0 Å². The van der Waals surface area contributed by atoms with Gasteiger partial charge in [-0.3, -0.25) is 4.90 Å². The summed E-state index contributed by atoms with van der Waals surface area (Å²) in [5.41, 5.74) is 9.29. The van der Waals surface area contributed by atoms with Gasteiger partial charge in [0.25, 0.3) is 0 Å². The first-order valence-electron chi connectivity index (χ1n) is 7.06. The lowest BCUT2D eigenvalue weighted by atomic mass is 10.0. The number of nitrogens with two attached hydrogens (primary N) is 1. The van der Waals surface area contributed by atoms with Crippen molar-refractivity contribution in [3.8, 4) is 0 Å². The summed E-state index contributed by atoms with van der Waals surface area (Å²) < 4.78 is 0. The zero-order chi connectivity index (χ0) is 13.9. The molecule has 21 heavy (non-hydrogen) atoms. The number of likely N-dealkylation sites (tertiary alicyclic amines) is 1. The minimum atomic E-state index is 0. The number of nitrogen functional groups attached to an aromatic ring is 1. The SMILES string of the molecule is Cl.Nc1cccc(CN2CCCC2c2cccc(Cl)c2)c1. The van der Waals surface area contributed by atoms with Crippen LogP contribution >= 0.6 is 24.0 Å². The van der Waals surface area contributed by atoms with E-state index in [0.717, 1.165) is 23.8 Å². The van der Waals surface area contributed by atoms with Gasteiger partial charge in [0, 0.05) is 23.3 Å². The van der Waals surface area contributed by atoms with E-state index in [4.69, 9.17) is 17.3 Å². The molecule has 1 unspecified atom stereocenters. The van der Waals surface area contributed by atoms with Gasteiger partial charge in [0.15, 0.2) is 0 Å². The first-order valence-corrected chi connectivity index (χ1v) is 7.44. The zero-order valence-corrected chi connectivity index (χ0v) is 13.4. The van der Waals surface area contributed by atoms with Crippen molar-refractivity contribution in [2.75, 3.05) is 12.3 Å². The van der Waals surface area contributed by atoms with Crippen LogP contribution in [0.3, 0.4) is 0 Å². The molecule has 0 radical (unpaired) electrons.